The summed E-state index contributed by atoms with van der Waals surface area (Å²) in [6.07, 6.45) is 17.1. The van der Waals surface area contributed by atoms with Crippen LogP contribution in [0.15, 0.2) is 18.3 Å². The van der Waals surface area contributed by atoms with Crippen molar-refractivity contribution in [3.05, 3.63) is 29.6 Å². The van der Waals surface area contributed by atoms with E-state index in [0.717, 1.165) is 17.8 Å². The summed E-state index contributed by atoms with van der Waals surface area (Å²) in [7, 11) is 0. The van der Waals surface area contributed by atoms with Crippen LogP contribution in [0, 0.1) is 5.92 Å². The maximum atomic E-state index is 10.5. The number of unbranched alkanes of at least 4 members (excludes halogenated alkanes) is 4. The lowest BCUT2D eigenvalue weighted by Crippen LogP contribution is -2.14. The van der Waals surface area contributed by atoms with E-state index in [-0.39, 0.29) is 0 Å². The first kappa shape index (κ1) is 17.2. The lowest BCUT2D eigenvalue weighted by Gasteiger charge is -2.28. The maximum absolute atomic E-state index is 10.5. The zero-order chi connectivity index (χ0) is 15.6. The van der Waals surface area contributed by atoms with Crippen LogP contribution < -0.4 is 0 Å². The van der Waals surface area contributed by atoms with Gasteiger partial charge < -0.3 is 4.79 Å². The van der Waals surface area contributed by atoms with Gasteiger partial charge in [-0.1, -0.05) is 51.5 Å². The SMILES string of the molecule is CCCCCCC[C@H]1CC[C@H](c2ccc(CC=O)cn2)CC1. The molecule has 1 aliphatic rings. The fourth-order valence-corrected chi connectivity index (χ4v) is 3.68. The van der Waals surface area contributed by atoms with Gasteiger partial charge >= 0.3 is 0 Å². The van der Waals surface area contributed by atoms with E-state index in [1.54, 1.807) is 0 Å². The molecule has 0 radical (unpaired) electrons. The van der Waals surface area contributed by atoms with Crippen LogP contribution in [-0.2, 0) is 11.2 Å². The number of carbonyl (C=O) groups is 1. The van der Waals surface area contributed by atoms with Crippen molar-refractivity contribution in [1.29, 1.82) is 0 Å². The minimum Gasteiger partial charge on any atom is -0.303 e. The second-order valence-electron chi connectivity index (χ2n) is 6.88. The van der Waals surface area contributed by atoms with Gasteiger partial charge in [-0.05, 0) is 43.2 Å². The third-order valence-electron chi connectivity index (χ3n) is 5.15. The molecule has 1 aromatic rings. The molecule has 0 amide bonds. The Morgan fingerprint density at radius 2 is 1.86 bits per heavy atom. The van der Waals surface area contributed by atoms with Gasteiger partial charge in [0.15, 0.2) is 0 Å². The fraction of sp³-hybridized carbons (Fsp3) is 0.700. The van der Waals surface area contributed by atoms with Crippen LogP contribution in [0.1, 0.15) is 88.3 Å². The normalized spacial score (nSPS) is 21.7. The summed E-state index contributed by atoms with van der Waals surface area (Å²) in [4.78, 5) is 15.1. The average molecular weight is 301 g/mol. The third-order valence-corrected chi connectivity index (χ3v) is 5.15. The molecular weight excluding hydrogens is 270 g/mol. The molecule has 0 bridgehead atoms. The van der Waals surface area contributed by atoms with E-state index >= 15 is 0 Å². The van der Waals surface area contributed by atoms with E-state index in [9.17, 15) is 4.79 Å². The largest absolute Gasteiger partial charge is 0.303 e. The highest BCUT2D eigenvalue weighted by atomic mass is 16.1. The van der Waals surface area contributed by atoms with Gasteiger partial charge in [0, 0.05) is 24.2 Å². The quantitative estimate of drug-likeness (QED) is 0.448. The van der Waals surface area contributed by atoms with Gasteiger partial charge in [0.1, 0.15) is 6.29 Å². The van der Waals surface area contributed by atoms with Crippen molar-refractivity contribution >= 4 is 6.29 Å². The molecule has 2 heteroatoms. The Kier molecular flexibility index (Phi) is 7.62. The molecule has 0 saturated heterocycles. The van der Waals surface area contributed by atoms with Gasteiger partial charge in [-0.25, -0.2) is 0 Å². The summed E-state index contributed by atoms with van der Waals surface area (Å²) in [5, 5.41) is 0. The number of pyridine rings is 1. The molecule has 1 heterocycles. The molecule has 0 unspecified atom stereocenters. The number of rotatable bonds is 9. The molecule has 2 nitrogen and oxygen atoms in total. The number of nitrogens with zero attached hydrogens (tertiary/aromatic N) is 1. The van der Waals surface area contributed by atoms with E-state index < -0.39 is 0 Å². The Labute approximate surface area is 135 Å². The summed E-state index contributed by atoms with van der Waals surface area (Å²) >= 11 is 0. The Morgan fingerprint density at radius 3 is 2.50 bits per heavy atom. The lowest BCUT2D eigenvalue weighted by atomic mass is 9.78. The molecular formula is C20H31NO. The highest BCUT2D eigenvalue weighted by Crippen LogP contribution is 2.37. The van der Waals surface area contributed by atoms with Crippen molar-refractivity contribution in [2.45, 2.75) is 83.5 Å². The van der Waals surface area contributed by atoms with Gasteiger partial charge in [0.2, 0.25) is 0 Å². The Morgan fingerprint density at radius 1 is 1.09 bits per heavy atom. The number of aldehydes is 1. The third kappa shape index (κ3) is 5.55. The molecule has 22 heavy (non-hydrogen) atoms. The van der Waals surface area contributed by atoms with Crippen molar-refractivity contribution in [2.75, 3.05) is 0 Å². The van der Waals surface area contributed by atoms with Crippen molar-refractivity contribution in [3.63, 3.8) is 0 Å². The summed E-state index contributed by atoms with van der Waals surface area (Å²) < 4.78 is 0. The van der Waals surface area contributed by atoms with Gasteiger partial charge in [-0.2, -0.15) is 0 Å². The summed E-state index contributed by atoms with van der Waals surface area (Å²) in [6.45, 7) is 2.28. The van der Waals surface area contributed by atoms with Crippen LogP contribution >= 0.6 is 0 Å². The number of hydrogen-bond acceptors (Lipinski definition) is 2. The van der Waals surface area contributed by atoms with E-state index in [1.165, 1.54) is 69.9 Å². The predicted molar refractivity (Wildman–Crippen MR) is 92.1 cm³/mol. The minimum absolute atomic E-state index is 0.484. The van der Waals surface area contributed by atoms with Gasteiger partial charge in [0.05, 0.1) is 0 Å². The van der Waals surface area contributed by atoms with Gasteiger partial charge in [-0.3, -0.25) is 4.98 Å². The smallest absolute Gasteiger partial charge is 0.124 e. The first-order valence-electron chi connectivity index (χ1n) is 9.22. The Bertz CT molecular complexity index is 418. The van der Waals surface area contributed by atoms with Crippen LogP contribution in [0.3, 0.4) is 0 Å². The second kappa shape index (κ2) is 9.76. The molecule has 122 valence electrons. The van der Waals surface area contributed by atoms with Crippen LogP contribution in [-0.4, -0.2) is 11.3 Å². The Balaban J connectivity index is 1.69. The molecule has 0 spiro atoms. The second-order valence-corrected chi connectivity index (χ2v) is 6.88. The molecule has 1 aromatic heterocycles. The monoisotopic (exact) mass is 301 g/mol. The predicted octanol–water partition coefficient (Wildman–Crippen LogP) is 5.46. The Hall–Kier alpha value is -1.18. The van der Waals surface area contributed by atoms with Crippen LogP contribution in [0.5, 0.6) is 0 Å². The number of carbonyl (C=O) groups excluding carboxylic acids is 1. The van der Waals surface area contributed by atoms with Crippen molar-refractivity contribution in [3.8, 4) is 0 Å². The molecule has 0 aromatic carbocycles. The van der Waals surface area contributed by atoms with Crippen molar-refractivity contribution in [2.24, 2.45) is 5.92 Å². The lowest BCUT2D eigenvalue weighted by molar-refractivity contribution is -0.107. The highest BCUT2D eigenvalue weighted by molar-refractivity contribution is 5.54. The van der Waals surface area contributed by atoms with E-state index in [2.05, 4.69) is 24.0 Å². The first-order valence-corrected chi connectivity index (χ1v) is 9.22. The number of aromatic nitrogens is 1. The van der Waals surface area contributed by atoms with Gasteiger partial charge in [0.25, 0.3) is 0 Å². The fourth-order valence-electron chi connectivity index (χ4n) is 3.68. The van der Waals surface area contributed by atoms with Crippen LogP contribution in [0.2, 0.25) is 0 Å². The molecule has 2 rings (SSSR count). The molecule has 1 saturated carbocycles. The maximum Gasteiger partial charge on any atom is 0.124 e. The van der Waals surface area contributed by atoms with Crippen molar-refractivity contribution in [1.82, 2.24) is 4.98 Å². The zero-order valence-electron chi connectivity index (χ0n) is 14.1. The highest BCUT2D eigenvalue weighted by Gasteiger charge is 2.22. The molecule has 0 atom stereocenters. The average Bonchev–Trinajstić information content (AvgIpc) is 2.56. The van der Waals surface area contributed by atoms with Crippen molar-refractivity contribution < 1.29 is 4.79 Å². The van der Waals surface area contributed by atoms with E-state index in [0.29, 0.717) is 12.3 Å². The topological polar surface area (TPSA) is 30.0 Å². The molecule has 1 fully saturated rings. The van der Waals surface area contributed by atoms with Crippen LogP contribution in [0.25, 0.3) is 0 Å². The molecule has 0 aliphatic heterocycles. The van der Waals surface area contributed by atoms with Crippen LogP contribution in [0.4, 0.5) is 0 Å². The minimum atomic E-state index is 0.484. The van der Waals surface area contributed by atoms with E-state index in [1.807, 2.05) is 6.20 Å². The summed E-state index contributed by atoms with van der Waals surface area (Å²) in [5.74, 6) is 1.59. The standard InChI is InChI=1S/C20H31NO/c1-2-3-4-5-6-7-17-8-11-19(12-9-17)20-13-10-18(14-15-22)16-21-20/h10,13,15-17,19H,2-9,11-12,14H2,1H3/t17-,19-. The molecule has 0 N–H and O–H groups in total. The number of hydrogen-bond donors (Lipinski definition) is 0. The summed E-state index contributed by atoms with van der Waals surface area (Å²) in [5.41, 5.74) is 2.26. The van der Waals surface area contributed by atoms with E-state index in [4.69, 9.17) is 0 Å². The molecule has 1 aliphatic carbocycles. The summed E-state index contributed by atoms with van der Waals surface area (Å²) in [6, 6.07) is 4.20. The zero-order valence-corrected chi connectivity index (χ0v) is 14.1. The van der Waals surface area contributed by atoms with Gasteiger partial charge in [-0.15, -0.1) is 0 Å². The first-order chi connectivity index (χ1) is 10.8.